The fourth-order valence-corrected chi connectivity index (χ4v) is 1.85. The molecule has 1 N–H and O–H groups in total. The minimum Gasteiger partial charge on any atom is -0.462 e. The number of aromatic nitrogens is 1. The van der Waals surface area contributed by atoms with E-state index in [1.807, 2.05) is 6.07 Å². The molecule has 6 heteroatoms. The number of carbonyl (C=O) groups is 1. The predicted molar refractivity (Wildman–Crippen MR) is 79.6 cm³/mol. The zero-order chi connectivity index (χ0) is 15.2. The Morgan fingerprint density at radius 3 is 2.81 bits per heavy atom. The van der Waals surface area contributed by atoms with E-state index in [4.69, 9.17) is 21.6 Å². The number of anilines is 2. The monoisotopic (exact) mass is 301 g/mol. The lowest BCUT2D eigenvalue weighted by Gasteiger charge is -2.08. The van der Waals surface area contributed by atoms with Gasteiger partial charge in [0.1, 0.15) is 5.82 Å². The van der Waals surface area contributed by atoms with Gasteiger partial charge in [-0.2, -0.15) is 5.26 Å². The van der Waals surface area contributed by atoms with E-state index in [0.29, 0.717) is 34.3 Å². The van der Waals surface area contributed by atoms with Crippen molar-refractivity contribution in [1.82, 2.24) is 4.98 Å². The zero-order valence-electron chi connectivity index (χ0n) is 11.3. The van der Waals surface area contributed by atoms with Gasteiger partial charge in [0.2, 0.25) is 0 Å². The average molecular weight is 302 g/mol. The first-order valence-corrected chi connectivity index (χ1v) is 6.61. The number of halogens is 1. The highest BCUT2D eigenvalue weighted by atomic mass is 35.5. The van der Waals surface area contributed by atoms with Crippen LogP contribution in [0.3, 0.4) is 0 Å². The van der Waals surface area contributed by atoms with E-state index < -0.39 is 5.97 Å². The second kappa shape index (κ2) is 6.73. The fraction of sp³-hybridized carbons (Fsp3) is 0.133. The Morgan fingerprint density at radius 1 is 1.43 bits per heavy atom. The highest BCUT2D eigenvalue weighted by molar-refractivity contribution is 6.33. The number of nitrogens with one attached hydrogen (secondary N) is 1. The molecule has 0 atom stereocenters. The summed E-state index contributed by atoms with van der Waals surface area (Å²) in [7, 11) is 0. The maximum atomic E-state index is 11.5. The van der Waals surface area contributed by atoms with E-state index in [1.165, 1.54) is 6.20 Å². The SMILES string of the molecule is CCOC(=O)c1ccc(Nc2ccc(C#N)cc2Cl)nc1. The van der Waals surface area contributed by atoms with Crippen LogP contribution in [0, 0.1) is 11.3 Å². The summed E-state index contributed by atoms with van der Waals surface area (Å²) in [5, 5.41) is 12.2. The van der Waals surface area contributed by atoms with Crippen molar-refractivity contribution in [3.05, 3.63) is 52.7 Å². The van der Waals surface area contributed by atoms with Gasteiger partial charge in [0.25, 0.3) is 0 Å². The van der Waals surface area contributed by atoms with Gasteiger partial charge in [-0.1, -0.05) is 11.6 Å². The number of ether oxygens (including phenoxy) is 1. The molecule has 0 saturated carbocycles. The minimum absolute atomic E-state index is 0.319. The zero-order valence-corrected chi connectivity index (χ0v) is 12.0. The Kier molecular flexibility index (Phi) is 4.75. The van der Waals surface area contributed by atoms with Crippen LogP contribution in [0.1, 0.15) is 22.8 Å². The second-order valence-electron chi connectivity index (χ2n) is 4.08. The molecule has 0 amide bonds. The lowest BCUT2D eigenvalue weighted by atomic mass is 10.2. The van der Waals surface area contributed by atoms with Gasteiger partial charge in [-0.3, -0.25) is 0 Å². The molecule has 0 spiro atoms. The van der Waals surface area contributed by atoms with Gasteiger partial charge in [0, 0.05) is 6.20 Å². The molecule has 0 radical (unpaired) electrons. The summed E-state index contributed by atoms with van der Waals surface area (Å²) in [6.45, 7) is 2.06. The van der Waals surface area contributed by atoms with E-state index >= 15 is 0 Å². The van der Waals surface area contributed by atoms with Crippen molar-refractivity contribution in [3.63, 3.8) is 0 Å². The largest absolute Gasteiger partial charge is 0.462 e. The molecule has 0 aliphatic rings. The molecule has 2 rings (SSSR count). The van der Waals surface area contributed by atoms with Crippen LogP contribution < -0.4 is 5.32 Å². The lowest BCUT2D eigenvalue weighted by Crippen LogP contribution is -2.05. The maximum Gasteiger partial charge on any atom is 0.339 e. The van der Waals surface area contributed by atoms with E-state index in [0.717, 1.165) is 0 Å². The molecule has 2 aromatic rings. The summed E-state index contributed by atoms with van der Waals surface area (Å²) in [6.07, 6.45) is 1.43. The Bertz CT molecular complexity index is 693. The Labute approximate surface area is 127 Å². The average Bonchev–Trinajstić information content (AvgIpc) is 2.50. The molecule has 0 aliphatic heterocycles. The van der Waals surface area contributed by atoms with E-state index in [9.17, 15) is 4.79 Å². The molecule has 1 aromatic heterocycles. The summed E-state index contributed by atoms with van der Waals surface area (Å²) < 4.78 is 4.88. The number of rotatable bonds is 4. The molecule has 0 saturated heterocycles. The molecule has 0 aliphatic carbocycles. The Hall–Kier alpha value is -2.58. The number of benzene rings is 1. The standard InChI is InChI=1S/C15H12ClN3O2/c1-2-21-15(20)11-4-6-14(18-9-11)19-13-5-3-10(8-17)7-12(13)16/h3-7,9H,2H2,1H3,(H,18,19). The first kappa shape index (κ1) is 14.8. The second-order valence-corrected chi connectivity index (χ2v) is 4.49. The van der Waals surface area contributed by atoms with Gasteiger partial charge >= 0.3 is 5.97 Å². The summed E-state index contributed by atoms with van der Waals surface area (Å²) >= 11 is 6.07. The van der Waals surface area contributed by atoms with Crippen LogP contribution in [0.25, 0.3) is 0 Å². The van der Waals surface area contributed by atoms with Gasteiger partial charge < -0.3 is 10.1 Å². The van der Waals surface area contributed by atoms with Crippen LogP contribution in [0.5, 0.6) is 0 Å². The molecule has 0 bridgehead atoms. The highest BCUT2D eigenvalue weighted by Gasteiger charge is 2.07. The number of pyridine rings is 1. The van der Waals surface area contributed by atoms with Crippen molar-refractivity contribution < 1.29 is 9.53 Å². The highest BCUT2D eigenvalue weighted by Crippen LogP contribution is 2.25. The minimum atomic E-state index is -0.409. The number of esters is 1. The molecule has 0 fully saturated rings. The summed E-state index contributed by atoms with van der Waals surface area (Å²) in [6, 6.07) is 10.2. The van der Waals surface area contributed by atoms with Crippen molar-refractivity contribution in [2.24, 2.45) is 0 Å². The molecule has 21 heavy (non-hydrogen) atoms. The van der Waals surface area contributed by atoms with Crippen LogP contribution in [0.4, 0.5) is 11.5 Å². The van der Waals surface area contributed by atoms with Crippen molar-refractivity contribution in [3.8, 4) is 6.07 Å². The maximum absolute atomic E-state index is 11.5. The summed E-state index contributed by atoms with van der Waals surface area (Å²) in [5.74, 6) is 0.127. The predicted octanol–water partition coefficient (Wildman–Crippen LogP) is 3.53. The molecular formula is C15H12ClN3O2. The molecule has 1 heterocycles. The number of hydrogen-bond donors (Lipinski definition) is 1. The third-order valence-corrected chi connectivity index (χ3v) is 2.95. The van der Waals surface area contributed by atoms with Gasteiger partial charge in [-0.25, -0.2) is 9.78 Å². The van der Waals surface area contributed by atoms with E-state index in [2.05, 4.69) is 10.3 Å². The van der Waals surface area contributed by atoms with Crippen molar-refractivity contribution >= 4 is 29.1 Å². The third-order valence-electron chi connectivity index (χ3n) is 2.64. The molecule has 1 aromatic carbocycles. The van der Waals surface area contributed by atoms with Crippen molar-refractivity contribution in [2.45, 2.75) is 6.92 Å². The molecule has 106 valence electrons. The van der Waals surface area contributed by atoms with Crippen molar-refractivity contribution in [2.75, 3.05) is 11.9 Å². The van der Waals surface area contributed by atoms with Crippen LogP contribution in [0.15, 0.2) is 36.5 Å². The normalized spacial score (nSPS) is 9.76. The molecule has 5 nitrogen and oxygen atoms in total. The first-order chi connectivity index (χ1) is 10.1. The van der Waals surface area contributed by atoms with Gasteiger partial charge in [-0.15, -0.1) is 0 Å². The molecule has 0 unspecified atom stereocenters. The van der Waals surface area contributed by atoms with Crippen molar-refractivity contribution in [1.29, 1.82) is 5.26 Å². The first-order valence-electron chi connectivity index (χ1n) is 6.24. The topological polar surface area (TPSA) is 75.0 Å². The third kappa shape index (κ3) is 3.71. The summed E-state index contributed by atoms with van der Waals surface area (Å²) in [5.41, 5.74) is 1.50. The van der Waals surface area contributed by atoms with E-state index in [-0.39, 0.29) is 0 Å². The number of nitriles is 1. The number of carbonyl (C=O) groups excluding carboxylic acids is 1. The Balaban J connectivity index is 2.14. The Morgan fingerprint density at radius 2 is 2.24 bits per heavy atom. The number of hydrogen-bond acceptors (Lipinski definition) is 5. The quantitative estimate of drug-likeness (QED) is 0.874. The fourth-order valence-electron chi connectivity index (χ4n) is 1.63. The van der Waals surface area contributed by atoms with Crippen LogP contribution in [0.2, 0.25) is 5.02 Å². The van der Waals surface area contributed by atoms with Crippen LogP contribution in [-0.4, -0.2) is 17.6 Å². The van der Waals surface area contributed by atoms with Crippen LogP contribution >= 0.6 is 11.6 Å². The van der Waals surface area contributed by atoms with Gasteiger partial charge in [0.05, 0.1) is 34.5 Å². The van der Waals surface area contributed by atoms with E-state index in [1.54, 1.807) is 37.3 Å². The van der Waals surface area contributed by atoms with Gasteiger partial charge in [-0.05, 0) is 37.3 Å². The smallest absolute Gasteiger partial charge is 0.339 e. The van der Waals surface area contributed by atoms with Gasteiger partial charge in [0.15, 0.2) is 0 Å². The van der Waals surface area contributed by atoms with Crippen LogP contribution in [-0.2, 0) is 4.74 Å². The number of nitrogens with zero attached hydrogens (tertiary/aromatic N) is 2. The lowest BCUT2D eigenvalue weighted by molar-refractivity contribution is 0.0526. The summed E-state index contributed by atoms with van der Waals surface area (Å²) in [4.78, 5) is 15.6. The molecular weight excluding hydrogens is 290 g/mol.